The number of amides is 1. The van der Waals surface area contributed by atoms with E-state index in [0.717, 1.165) is 0 Å². The van der Waals surface area contributed by atoms with E-state index in [0.29, 0.717) is 32.4 Å². The maximum Gasteiger partial charge on any atom is 0.303 e. The molecule has 4 N–H and O–H groups in total. The molecule has 0 aromatic carbocycles. The Balaban J connectivity index is -0.000000321. The van der Waals surface area contributed by atoms with Crippen LogP contribution in [0.4, 0.5) is 0 Å². The molecule has 140 valence electrons. The van der Waals surface area contributed by atoms with Gasteiger partial charge in [0, 0.05) is 39.8 Å². The van der Waals surface area contributed by atoms with E-state index >= 15 is 0 Å². The van der Waals surface area contributed by atoms with Crippen LogP contribution >= 0.6 is 0 Å². The van der Waals surface area contributed by atoms with Gasteiger partial charge >= 0.3 is 5.97 Å². The van der Waals surface area contributed by atoms with Crippen LogP contribution in [0.5, 0.6) is 0 Å². The number of carboxylic acids is 1. The first-order valence-corrected chi connectivity index (χ1v) is 7.39. The normalized spacial score (nSPS) is 8.20. The summed E-state index contributed by atoms with van der Waals surface area (Å²) in [7, 11) is 3.12. The van der Waals surface area contributed by atoms with Gasteiger partial charge in [0.1, 0.15) is 0 Å². The molecule has 0 saturated carbocycles. The van der Waals surface area contributed by atoms with Crippen LogP contribution < -0.4 is 11.1 Å². The molecule has 0 aliphatic heterocycles. The van der Waals surface area contributed by atoms with Gasteiger partial charge in [-0.25, -0.2) is 0 Å². The molecule has 0 radical (unpaired) electrons. The minimum absolute atomic E-state index is 0.00736. The number of hydrogen-bond donors (Lipinski definition) is 3. The van der Waals surface area contributed by atoms with E-state index in [1.807, 2.05) is 11.8 Å². The van der Waals surface area contributed by atoms with Gasteiger partial charge in [-0.2, -0.15) is 0 Å². The zero-order valence-corrected chi connectivity index (χ0v) is 14.7. The summed E-state index contributed by atoms with van der Waals surface area (Å²) >= 11 is 0. The van der Waals surface area contributed by atoms with Crippen LogP contribution in [0.2, 0.25) is 0 Å². The molecule has 8 heteroatoms. The maximum atomic E-state index is 10.6. The van der Waals surface area contributed by atoms with Gasteiger partial charge in [0.15, 0.2) is 0 Å². The lowest BCUT2D eigenvalue weighted by atomic mass is 10.2. The summed E-state index contributed by atoms with van der Waals surface area (Å²) in [5.74, 6) is 2.36. The van der Waals surface area contributed by atoms with E-state index in [-0.39, 0.29) is 30.3 Å². The standard InChI is InChI=1S/C8H11NO2.C7H8O3.C2H7NO/c1-3-7(10)5-4-6-8(11)9-2;1-2-6(8)4-3-5-7(9)10;1-4-2-3/h1H,4-6H2,2H3,(H,9,11);1H,3-5H2,(H,9,10);2-3H2,1H3. The number of Topliss-reactive ketones (excluding diaryl/α,β-unsaturated/α-hetero) is 2. The summed E-state index contributed by atoms with van der Waals surface area (Å²) in [5.41, 5.74) is 4.81. The molecule has 0 fully saturated rings. The zero-order chi connectivity index (χ0) is 20.1. The Kier molecular flexibility index (Phi) is 23.2. The summed E-state index contributed by atoms with van der Waals surface area (Å²) in [6, 6.07) is 0. The molecule has 0 aliphatic carbocycles. The second-order valence-electron chi connectivity index (χ2n) is 4.36. The van der Waals surface area contributed by atoms with Crippen LogP contribution in [0.1, 0.15) is 38.5 Å². The van der Waals surface area contributed by atoms with Gasteiger partial charge in [-0.05, 0) is 24.7 Å². The van der Waals surface area contributed by atoms with E-state index in [2.05, 4.69) is 10.1 Å². The number of hydrogen-bond acceptors (Lipinski definition) is 6. The highest BCUT2D eigenvalue weighted by Gasteiger charge is 2.00. The SMILES string of the molecule is C#CC(=O)CCCC(=O)NC.C#CC(=O)CCCC(=O)O.COCN. The van der Waals surface area contributed by atoms with Crippen molar-refractivity contribution in [1.29, 1.82) is 0 Å². The van der Waals surface area contributed by atoms with Gasteiger partial charge in [0.25, 0.3) is 0 Å². The Morgan fingerprint density at radius 3 is 1.68 bits per heavy atom. The molecule has 0 aromatic rings. The number of nitrogens with two attached hydrogens (primary N) is 1. The van der Waals surface area contributed by atoms with Gasteiger partial charge in [0.2, 0.25) is 17.5 Å². The van der Waals surface area contributed by atoms with Gasteiger partial charge in [-0.1, -0.05) is 0 Å². The number of ether oxygens (including phenoxy) is 1. The van der Waals surface area contributed by atoms with Crippen molar-refractivity contribution < 1.29 is 29.0 Å². The third kappa shape index (κ3) is 29.9. The summed E-state index contributed by atoms with van der Waals surface area (Å²) in [6.07, 6.45) is 11.3. The first-order chi connectivity index (χ1) is 11.8. The summed E-state index contributed by atoms with van der Waals surface area (Å²) in [4.78, 5) is 41.4. The fourth-order valence-corrected chi connectivity index (χ4v) is 1.08. The van der Waals surface area contributed by atoms with Crippen molar-refractivity contribution in [2.75, 3.05) is 20.9 Å². The topological polar surface area (TPSA) is 136 Å². The van der Waals surface area contributed by atoms with Crippen LogP contribution in [0.25, 0.3) is 0 Å². The van der Waals surface area contributed by atoms with Crippen LogP contribution in [0.3, 0.4) is 0 Å². The fourth-order valence-electron chi connectivity index (χ4n) is 1.08. The molecule has 0 aliphatic rings. The van der Waals surface area contributed by atoms with Crippen LogP contribution in [0, 0.1) is 24.7 Å². The molecule has 25 heavy (non-hydrogen) atoms. The fraction of sp³-hybridized carbons (Fsp3) is 0.529. The molecule has 1 amide bonds. The van der Waals surface area contributed by atoms with E-state index in [1.165, 1.54) is 0 Å². The van der Waals surface area contributed by atoms with Crippen molar-refractivity contribution in [3.8, 4) is 24.7 Å². The minimum atomic E-state index is -0.898. The zero-order valence-electron chi connectivity index (χ0n) is 14.7. The molecule has 0 atom stereocenters. The summed E-state index contributed by atoms with van der Waals surface area (Å²) < 4.78 is 4.32. The Hall–Kier alpha value is -2.68. The molecule has 0 heterocycles. The predicted molar refractivity (Wildman–Crippen MR) is 93.1 cm³/mol. The molecular formula is C17H26N2O6. The van der Waals surface area contributed by atoms with Crippen molar-refractivity contribution in [1.82, 2.24) is 5.32 Å². The monoisotopic (exact) mass is 354 g/mol. The molecule has 0 saturated heterocycles. The van der Waals surface area contributed by atoms with E-state index in [9.17, 15) is 19.2 Å². The predicted octanol–water partition coefficient (Wildman–Crippen LogP) is 0.0976. The van der Waals surface area contributed by atoms with Crippen LogP contribution in [-0.4, -0.2) is 49.4 Å². The highest BCUT2D eigenvalue weighted by atomic mass is 16.5. The first-order valence-electron chi connectivity index (χ1n) is 7.39. The van der Waals surface area contributed by atoms with E-state index in [1.54, 1.807) is 14.2 Å². The molecule has 8 nitrogen and oxygen atoms in total. The quantitative estimate of drug-likeness (QED) is 0.303. The lowest BCUT2D eigenvalue weighted by Crippen LogP contribution is -2.17. The van der Waals surface area contributed by atoms with Crippen molar-refractivity contribution in [2.24, 2.45) is 5.73 Å². The second-order valence-corrected chi connectivity index (χ2v) is 4.36. The number of carboxylic acid groups (broad SMARTS) is 1. The van der Waals surface area contributed by atoms with Gasteiger partial charge < -0.3 is 20.9 Å². The Morgan fingerprint density at radius 1 is 1.00 bits per heavy atom. The average Bonchev–Trinajstić information content (AvgIpc) is 2.61. The third-order valence-corrected chi connectivity index (χ3v) is 2.37. The van der Waals surface area contributed by atoms with Gasteiger partial charge in [-0.3, -0.25) is 19.2 Å². The highest BCUT2D eigenvalue weighted by molar-refractivity contribution is 5.95. The maximum absolute atomic E-state index is 10.6. The number of ketones is 2. The number of terminal acetylenes is 2. The number of carbonyl (C=O) groups excluding carboxylic acids is 3. The summed E-state index contributed by atoms with van der Waals surface area (Å²) in [5, 5.41) is 10.6. The van der Waals surface area contributed by atoms with Crippen molar-refractivity contribution in [3.63, 3.8) is 0 Å². The Labute approximate surface area is 148 Å². The van der Waals surface area contributed by atoms with Crippen LogP contribution in [-0.2, 0) is 23.9 Å². The summed E-state index contributed by atoms with van der Waals surface area (Å²) in [6.45, 7) is 0.319. The number of methoxy groups -OCH3 is 1. The second kappa shape index (κ2) is 21.3. The van der Waals surface area contributed by atoms with Crippen molar-refractivity contribution in [3.05, 3.63) is 0 Å². The molecule has 0 unspecified atom stereocenters. The van der Waals surface area contributed by atoms with Gasteiger partial charge in [0.05, 0.1) is 6.73 Å². The number of aliphatic carboxylic acids is 1. The number of rotatable bonds is 9. The largest absolute Gasteiger partial charge is 0.481 e. The average molecular weight is 354 g/mol. The Morgan fingerprint density at radius 2 is 1.40 bits per heavy atom. The van der Waals surface area contributed by atoms with E-state index < -0.39 is 5.97 Å². The third-order valence-electron chi connectivity index (χ3n) is 2.37. The molecular weight excluding hydrogens is 328 g/mol. The van der Waals surface area contributed by atoms with Crippen molar-refractivity contribution >= 4 is 23.4 Å². The van der Waals surface area contributed by atoms with Gasteiger partial charge in [-0.15, -0.1) is 12.8 Å². The lowest BCUT2D eigenvalue weighted by molar-refractivity contribution is -0.137. The minimum Gasteiger partial charge on any atom is -0.481 e. The smallest absolute Gasteiger partial charge is 0.303 e. The van der Waals surface area contributed by atoms with Crippen LogP contribution in [0.15, 0.2) is 0 Å². The highest BCUT2D eigenvalue weighted by Crippen LogP contribution is 1.95. The Bertz CT molecular complexity index is 486. The van der Waals surface area contributed by atoms with E-state index in [4.69, 9.17) is 23.7 Å². The molecule has 0 rings (SSSR count). The number of carbonyl (C=O) groups is 4. The number of nitrogens with one attached hydrogen (secondary N) is 1. The molecule has 0 aromatic heterocycles. The van der Waals surface area contributed by atoms with Crippen molar-refractivity contribution in [2.45, 2.75) is 38.5 Å². The first kappa shape index (κ1) is 27.2. The molecule has 0 spiro atoms. The molecule has 0 bridgehead atoms. The lowest BCUT2D eigenvalue weighted by Gasteiger charge is -1.95.